The fourth-order valence-electron chi connectivity index (χ4n) is 1.95. The quantitative estimate of drug-likeness (QED) is 0.876. The molecule has 7 heteroatoms. The van der Waals surface area contributed by atoms with E-state index in [1.54, 1.807) is 37.7 Å². The normalized spacial score (nSPS) is 12.0. The van der Waals surface area contributed by atoms with Crippen LogP contribution in [0.1, 0.15) is 10.4 Å². The zero-order valence-electron chi connectivity index (χ0n) is 11.8. The van der Waals surface area contributed by atoms with Crippen LogP contribution in [0.15, 0.2) is 40.6 Å². The van der Waals surface area contributed by atoms with Crippen molar-refractivity contribution in [2.24, 2.45) is 0 Å². The molecule has 1 aromatic carbocycles. The van der Waals surface area contributed by atoms with Crippen molar-refractivity contribution in [3.63, 3.8) is 0 Å². The third kappa shape index (κ3) is 3.84. The first-order chi connectivity index (χ1) is 9.95. The molecule has 0 aliphatic rings. The van der Waals surface area contributed by atoms with Gasteiger partial charge in [-0.1, -0.05) is 23.7 Å². The predicted octanol–water partition coefficient (Wildman–Crippen LogP) is 2.94. The molecule has 1 aromatic heterocycles. The van der Waals surface area contributed by atoms with Crippen molar-refractivity contribution in [2.45, 2.75) is 18.0 Å². The summed E-state index contributed by atoms with van der Waals surface area (Å²) in [4.78, 5) is 1.19. The van der Waals surface area contributed by atoms with Crippen molar-refractivity contribution in [3.05, 3.63) is 51.2 Å². The van der Waals surface area contributed by atoms with E-state index in [0.29, 0.717) is 23.0 Å². The second-order valence-corrected chi connectivity index (χ2v) is 8.08. The third-order valence-corrected chi connectivity index (χ3v) is 6.24. The number of benzene rings is 1. The number of halogens is 1. The maximum Gasteiger partial charge on any atom is 0.244 e. The predicted molar refractivity (Wildman–Crippen MR) is 87.2 cm³/mol. The highest BCUT2D eigenvalue weighted by Crippen LogP contribution is 2.25. The standard InChI is InChI=1S/C14H17ClN2O2S2/c1-16-9-13-14(7-8-20-13)21(18,19)17(2)10-11-3-5-12(15)6-4-11/h3-8,16H,9-10H2,1-2H3. The number of sulfonamides is 1. The van der Waals surface area contributed by atoms with Gasteiger partial charge in [0.25, 0.3) is 0 Å². The van der Waals surface area contributed by atoms with Crippen molar-refractivity contribution in [1.29, 1.82) is 0 Å². The second-order valence-electron chi connectivity index (χ2n) is 4.63. The molecule has 0 radical (unpaired) electrons. The van der Waals surface area contributed by atoms with Crippen LogP contribution in [0.5, 0.6) is 0 Å². The van der Waals surface area contributed by atoms with Crippen LogP contribution in [0.3, 0.4) is 0 Å². The Morgan fingerprint density at radius 2 is 1.90 bits per heavy atom. The molecule has 4 nitrogen and oxygen atoms in total. The molecule has 0 bridgehead atoms. The molecule has 1 heterocycles. The van der Waals surface area contributed by atoms with E-state index in [9.17, 15) is 8.42 Å². The van der Waals surface area contributed by atoms with Crippen LogP contribution in [0.25, 0.3) is 0 Å². The maximum atomic E-state index is 12.6. The summed E-state index contributed by atoms with van der Waals surface area (Å²) >= 11 is 7.28. The SMILES string of the molecule is CNCc1sccc1S(=O)(=O)N(C)Cc1ccc(Cl)cc1. The topological polar surface area (TPSA) is 49.4 Å². The average Bonchev–Trinajstić information content (AvgIpc) is 2.90. The average molecular weight is 345 g/mol. The first kappa shape index (κ1) is 16.5. The summed E-state index contributed by atoms with van der Waals surface area (Å²) in [7, 11) is -0.0988. The van der Waals surface area contributed by atoms with Gasteiger partial charge < -0.3 is 5.32 Å². The smallest absolute Gasteiger partial charge is 0.244 e. The summed E-state index contributed by atoms with van der Waals surface area (Å²) in [6, 6.07) is 8.83. The van der Waals surface area contributed by atoms with Crippen molar-refractivity contribution in [3.8, 4) is 0 Å². The van der Waals surface area contributed by atoms with E-state index in [4.69, 9.17) is 11.6 Å². The Balaban J connectivity index is 2.22. The van der Waals surface area contributed by atoms with Crippen LogP contribution in [-0.4, -0.2) is 26.8 Å². The molecule has 1 N–H and O–H groups in total. The van der Waals surface area contributed by atoms with Gasteiger partial charge in [-0.25, -0.2) is 8.42 Å². The highest BCUT2D eigenvalue weighted by Gasteiger charge is 2.24. The summed E-state index contributed by atoms with van der Waals surface area (Å²) in [5.41, 5.74) is 0.899. The summed E-state index contributed by atoms with van der Waals surface area (Å²) < 4.78 is 26.6. The molecular weight excluding hydrogens is 328 g/mol. The van der Waals surface area contributed by atoms with Crippen molar-refractivity contribution in [2.75, 3.05) is 14.1 Å². The molecule has 0 fully saturated rings. The van der Waals surface area contributed by atoms with E-state index < -0.39 is 10.0 Å². The van der Waals surface area contributed by atoms with Gasteiger partial charge in [0.1, 0.15) is 0 Å². The molecule has 0 atom stereocenters. The second kappa shape index (κ2) is 6.89. The molecule has 0 saturated carbocycles. The molecule has 0 unspecified atom stereocenters. The summed E-state index contributed by atoms with van der Waals surface area (Å²) in [5, 5.41) is 5.43. The lowest BCUT2D eigenvalue weighted by Gasteiger charge is -2.17. The lowest BCUT2D eigenvalue weighted by Crippen LogP contribution is -2.27. The largest absolute Gasteiger partial charge is 0.315 e. The third-order valence-electron chi connectivity index (χ3n) is 3.05. The molecular formula is C14H17ClN2O2S2. The van der Waals surface area contributed by atoms with Crippen LogP contribution in [-0.2, 0) is 23.1 Å². The van der Waals surface area contributed by atoms with E-state index in [-0.39, 0.29) is 0 Å². The summed E-state index contributed by atoms with van der Waals surface area (Å²) in [5.74, 6) is 0. The van der Waals surface area contributed by atoms with Crippen molar-refractivity contribution >= 4 is 33.0 Å². The number of hydrogen-bond acceptors (Lipinski definition) is 4. The van der Waals surface area contributed by atoms with Gasteiger partial charge >= 0.3 is 0 Å². The number of rotatable bonds is 6. The molecule has 0 aliphatic heterocycles. The Bertz CT molecular complexity index is 696. The van der Waals surface area contributed by atoms with E-state index in [1.807, 2.05) is 12.1 Å². The minimum absolute atomic E-state index is 0.314. The van der Waals surface area contributed by atoms with E-state index in [2.05, 4.69) is 5.32 Å². The zero-order valence-corrected chi connectivity index (χ0v) is 14.2. The number of thiophene rings is 1. The molecule has 2 rings (SSSR count). The highest BCUT2D eigenvalue weighted by molar-refractivity contribution is 7.89. The van der Waals surface area contributed by atoms with Gasteiger partial charge in [-0.3, -0.25) is 0 Å². The van der Waals surface area contributed by atoms with Crippen LogP contribution in [0.4, 0.5) is 0 Å². The van der Waals surface area contributed by atoms with Crippen LogP contribution >= 0.6 is 22.9 Å². The monoisotopic (exact) mass is 344 g/mol. The van der Waals surface area contributed by atoms with Crippen molar-refractivity contribution < 1.29 is 8.42 Å². The van der Waals surface area contributed by atoms with E-state index >= 15 is 0 Å². The minimum atomic E-state index is -3.49. The Morgan fingerprint density at radius 1 is 1.24 bits per heavy atom. The highest BCUT2D eigenvalue weighted by atomic mass is 35.5. The Morgan fingerprint density at radius 3 is 2.52 bits per heavy atom. The first-order valence-corrected chi connectivity index (χ1v) is 9.06. The maximum absolute atomic E-state index is 12.6. The van der Waals surface area contributed by atoms with Crippen LogP contribution < -0.4 is 5.32 Å². The minimum Gasteiger partial charge on any atom is -0.315 e. The molecule has 0 spiro atoms. The van der Waals surface area contributed by atoms with Gasteiger partial charge in [0.15, 0.2) is 0 Å². The molecule has 0 aliphatic carbocycles. The molecule has 0 amide bonds. The molecule has 21 heavy (non-hydrogen) atoms. The fourth-order valence-corrected chi connectivity index (χ4v) is 4.66. The fraction of sp³-hybridized carbons (Fsp3) is 0.286. The molecule has 2 aromatic rings. The van der Waals surface area contributed by atoms with Gasteiger partial charge in [-0.15, -0.1) is 11.3 Å². The molecule has 114 valence electrons. The number of hydrogen-bond donors (Lipinski definition) is 1. The van der Waals surface area contributed by atoms with Gasteiger partial charge in [0, 0.05) is 30.0 Å². The van der Waals surface area contributed by atoms with Crippen LogP contribution in [0.2, 0.25) is 5.02 Å². The first-order valence-electron chi connectivity index (χ1n) is 6.37. The van der Waals surface area contributed by atoms with Gasteiger partial charge in [-0.05, 0) is 36.2 Å². The Kier molecular flexibility index (Phi) is 5.40. The zero-order chi connectivity index (χ0) is 15.5. The van der Waals surface area contributed by atoms with Gasteiger partial charge in [0.2, 0.25) is 10.0 Å². The van der Waals surface area contributed by atoms with Gasteiger partial charge in [0.05, 0.1) is 4.90 Å². The Labute approximate surface area is 134 Å². The molecule has 0 saturated heterocycles. The number of nitrogens with one attached hydrogen (secondary N) is 1. The van der Waals surface area contributed by atoms with E-state index in [1.165, 1.54) is 15.6 Å². The van der Waals surface area contributed by atoms with E-state index in [0.717, 1.165) is 10.4 Å². The summed E-state index contributed by atoms with van der Waals surface area (Å²) in [6.45, 7) is 0.857. The number of nitrogens with zero attached hydrogens (tertiary/aromatic N) is 1. The van der Waals surface area contributed by atoms with Crippen LogP contribution in [0, 0.1) is 0 Å². The summed E-state index contributed by atoms with van der Waals surface area (Å²) in [6.07, 6.45) is 0. The van der Waals surface area contributed by atoms with Gasteiger partial charge in [-0.2, -0.15) is 4.31 Å². The van der Waals surface area contributed by atoms with Crippen molar-refractivity contribution in [1.82, 2.24) is 9.62 Å². The Hall–Kier alpha value is -0.920. The lowest BCUT2D eigenvalue weighted by atomic mass is 10.2. The lowest BCUT2D eigenvalue weighted by molar-refractivity contribution is 0.466.